The van der Waals surface area contributed by atoms with Gasteiger partial charge >= 0.3 is 0 Å². The van der Waals surface area contributed by atoms with E-state index in [9.17, 15) is 0 Å². The number of thioether (sulfide) groups is 1. The van der Waals surface area contributed by atoms with Gasteiger partial charge in [-0.3, -0.25) is 0 Å². The van der Waals surface area contributed by atoms with Gasteiger partial charge in [0, 0.05) is 11.8 Å². The summed E-state index contributed by atoms with van der Waals surface area (Å²) in [4.78, 5) is 7.98. The van der Waals surface area contributed by atoms with Crippen LogP contribution in [0.25, 0.3) is 11.0 Å². The molecule has 18 heavy (non-hydrogen) atoms. The molecule has 0 saturated carbocycles. The summed E-state index contributed by atoms with van der Waals surface area (Å²) in [6.07, 6.45) is 0. The maximum absolute atomic E-state index is 4.60. The van der Waals surface area contributed by atoms with Crippen LogP contribution >= 0.6 is 11.8 Å². The Kier molecular flexibility index (Phi) is 4.30. The van der Waals surface area contributed by atoms with Gasteiger partial charge in [0.25, 0.3) is 0 Å². The van der Waals surface area contributed by atoms with Crippen molar-refractivity contribution in [2.75, 3.05) is 12.8 Å². The number of aromatic nitrogens is 2. The summed E-state index contributed by atoms with van der Waals surface area (Å²) >= 11 is 1.78. The molecule has 0 bridgehead atoms. The Balaban J connectivity index is 2.08. The van der Waals surface area contributed by atoms with Gasteiger partial charge in [0.05, 0.1) is 11.0 Å². The molecule has 2 rings (SSSR count). The summed E-state index contributed by atoms with van der Waals surface area (Å²) in [7, 11) is 2.02. The zero-order valence-electron chi connectivity index (χ0n) is 11.4. The molecule has 3 nitrogen and oxygen atoms in total. The second kappa shape index (κ2) is 5.76. The smallest absolute Gasteiger partial charge is 0.166 e. The van der Waals surface area contributed by atoms with Crippen LogP contribution in [0.15, 0.2) is 23.4 Å². The molecule has 98 valence electrons. The molecular formula is C14H21N3S. The number of aryl methyl sites for hydroxylation is 1. The SMILES string of the molecule is CNC(CSc1nc2ccc(C)cc2[nH]1)C(C)C. The first-order chi connectivity index (χ1) is 8.60. The summed E-state index contributed by atoms with van der Waals surface area (Å²) in [5.41, 5.74) is 3.44. The second-order valence-corrected chi connectivity index (χ2v) is 6.02. The van der Waals surface area contributed by atoms with Crippen molar-refractivity contribution in [1.29, 1.82) is 0 Å². The van der Waals surface area contributed by atoms with Crippen molar-refractivity contribution in [3.63, 3.8) is 0 Å². The number of benzene rings is 1. The van der Waals surface area contributed by atoms with Crippen molar-refractivity contribution < 1.29 is 0 Å². The predicted octanol–water partition coefficient (Wildman–Crippen LogP) is 3.21. The number of H-pyrrole nitrogens is 1. The van der Waals surface area contributed by atoms with Crippen LogP contribution in [0.3, 0.4) is 0 Å². The molecule has 2 N–H and O–H groups in total. The zero-order valence-corrected chi connectivity index (χ0v) is 12.3. The molecule has 0 saturated heterocycles. The number of nitrogens with zero attached hydrogens (tertiary/aromatic N) is 1. The first kappa shape index (κ1) is 13.4. The van der Waals surface area contributed by atoms with Crippen molar-refractivity contribution in [2.24, 2.45) is 5.92 Å². The van der Waals surface area contributed by atoms with E-state index in [4.69, 9.17) is 0 Å². The van der Waals surface area contributed by atoms with E-state index in [-0.39, 0.29) is 0 Å². The normalized spacial score (nSPS) is 13.4. The van der Waals surface area contributed by atoms with Gasteiger partial charge in [0.15, 0.2) is 5.16 Å². The van der Waals surface area contributed by atoms with Gasteiger partial charge < -0.3 is 10.3 Å². The summed E-state index contributed by atoms with van der Waals surface area (Å²) in [5.74, 6) is 1.67. The third kappa shape index (κ3) is 3.06. The lowest BCUT2D eigenvalue weighted by Gasteiger charge is -2.18. The lowest BCUT2D eigenvalue weighted by molar-refractivity contribution is 0.465. The number of imidazole rings is 1. The molecule has 4 heteroatoms. The monoisotopic (exact) mass is 263 g/mol. The fourth-order valence-corrected chi connectivity index (χ4v) is 3.18. The molecule has 1 unspecified atom stereocenters. The first-order valence-electron chi connectivity index (χ1n) is 6.36. The van der Waals surface area contributed by atoms with E-state index in [0.717, 1.165) is 21.9 Å². The third-order valence-electron chi connectivity index (χ3n) is 3.19. The molecule has 2 aromatic rings. The number of hydrogen-bond acceptors (Lipinski definition) is 3. The van der Waals surface area contributed by atoms with Crippen molar-refractivity contribution >= 4 is 22.8 Å². The van der Waals surface area contributed by atoms with Gasteiger partial charge in [-0.05, 0) is 37.6 Å². The number of aromatic amines is 1. The van der Waals surface area contributed by atoms with E-state index >= 15 is 0 Å². The molecule has 0 amide bonds. The van der Waals surface area contributed by atoms with Crippen LogP contribution in [-0.4, -0.2) is 28.8 Å². The van der Waals surface area contributed by atoms with E-state index in [1.807, 2.05) is 7.05 Å². The molecule has 0 fully saturated rings. The van der Waals surface area contributed by atoms with E-state index in [1.54, 1.807) is 11.8 Å². The van der Waals surface area contributed by atoms with E-state index in [1.165, 1.54) is 5.56 Å². The van der Waals surface area contributed by atoms with Crippen molar-refractivity contribution in [2.45, 2.75) is 32.0 Å². The highest BCUT2D eigenvalue weighted by atomic mass is 32.2. The van der Waals surface area contributed by atoms with Crippen LogP contribution in [0.5, 0.6) is 0 Å². The fourth-order valence-electron chi connectivity index (χ4n) is 1.95. The van der Waals surface area contributed by atoms with Crippen molar-refractivity contribution in [1.82, 2.24) is 15.3 Å². The number of nitrogens with one attached hydrogen (secondary N) is 2. The maximum atomic E-state index is 4.60. The quantitative estimate of drug-likeness (QED) is 0.814. The van der Waals surface area contributed by atoms with Crippen LogP contribution in [-0.2, 0) is 0 Å². The zero-order chi connectivity index (χ0) is 13.1. The summed E-state index contributed by atoms with van der Waals surface area (Å²) in [6.45, 7) is 6.58. The predicted molar refractivity (Wildman–Crippen MR) is 79.2 cm³/mol. The summed E-state index contributed by atoms with van der Waals surface area (Å²) < 4.78 is 0. The molecular weight excluding hydrogens is 242 g/mol. The van der Waals surface area contributed by atoms with Gasteiger partial charge in [-0.1, -0.05) is 31.7 Å². The van der Waals surface area contributed by atoms with Crippen LogP contribution in [0.1, 0.15) is 19.4 Å². The van der Waals surface area contributed by atoms with Gasteiger partial charge in [-0.15, -0.1) is 0 Å². The molecule has 1 aromatic carbocycles. The van der Waals surface area contributed by atoms with Crippen LogP contribution < -0.4 is 5.32 Å². The fraction of sp³-hybridized carbons (Fsp3) is 0.500. The van der Waals surface area contributed by atoms with Crippen LogP contribution in [0, 0.1) is 12.8 Å². The first-order valence-corrected chi connectivity index (χ1v) is 7.35. The van der Waals surface area contributed by atoms with Gasteiger partial charge in [-0.2, -0.15) is 0 Å². The van der Waals surface area contributed by atoms with E-state index < -0.39 is 0 Å². The van der Waals surface area contributed by atoms with Gasteiger partial charge in [0.1, 0.15) is 0 Å². The minimum atomic E-state index is 0.518. The Labute approximate surface area is 113 Å². The topological polar surface area (TPSA) is 40.7 Å². The van der Waals surface area contributed by atoms with Crippen molar-refractivity contribution in [3.8, 4) is 0 Å². The second-order valence-electron chi connectivity index (χ2n) is 5.01. The Hall–Kier alpha value is -1.00. The van der Waals surface area contributed by atoms with Crippen molar-refractivity contribution in [3.05, 3.63) is 23.8 Å². The minimum Gasteiger partial charge on any atom is -0.333 e. The van der Waals surface area contributed by atoms with Gasteiger partial charge in [-0.25, -0.2) is 4.98 Å². The molecule has 1 aromatic heterocycles. The Bertz CT molecular complexity index is 519. The average Bonchev–Trinajstić information content (AvgIpc) is 2.71. The Morgan fingerprint density at radius 2 is 2.17 bits per heavy atom. The third-order valence-corrected chi connectivity index (χ3v) is 4.18. The number of fused-ring (bicyclic) bond motifs is 1. The van der Waals surface area contributed by atoms with E-state index in [2.05, 4.69) is 54.3 Å². The summed E-state index contributed by atoms with van der Waals surface area (Å²) in [5, 5.41) is 4.36. The Morgan fingerprint density at radius 3 is 2.83 bits per heavy atom. The molecule has 0 aliphatic carbocycles. The van der Waals surface area contributed by atoms with Gasteiger partial charge in [0.2, 0.25) is 0 Å². The molecule has 1 atom stereocenters. The summed E-state index contributed by atoms with van der Waals surface area (Å²) in [6, 6.07) is 6.83. The van der Waals surface area contributed by atoms with Crippen LogP contribution in [0.2, 0.25) is 0 Å². The lowest BCUT2D eigenvalue weighted by atomic mass is 10.1. The highest BCUT2D eigenvalue weighted by Crippen LogP contribution is 2.22. The lowest BCUT2D eigenvalue weighted by Crippen LogP contribution is -2.32. The Morgan fingerprint density at radius 1 is 1.39 bits per heavy atom. The van der Waals surface area contributed by atoms with Crippen LogP contribution in [0.4, 0.5) is 0 Å². The molecule has 0 aliphatic rings. The average molecular weight is 263 g/mol. The number of rotatable bonds is 5. The molecule has 0 spiro atoms. The highest BCUT2D eigenvalue weighted by molar-refractivity contribution is 7.99. The van der Waals surface area contributed by atoms with E-state index in [0.29, 0.717) is 12.0 Å². The largest absolute Gasteiger partial charge is 0.333 e. The maximum Gasteiger partial charge on any atom is 0.166 e. The highest BCUT2D eigenvalue weighted by Gasteiger charge is 2.12. The standard InChI is InChI=1S/C14H21N3S/c1-9(2)13(15-4)8-18-14-16-11-6-5-10(3)7-12(11)17-14/h5-7,9,13,15H,8H2,1-4H3,(H,16,17). The minimum absolute atomic E-state index is 0.518. The molecule has 1 heterocycles. The number of hydrogen-bond donors (Lipinski definition) is 2. The molecule has 0 aliphatic heterocycles. The molecule has 0 radical (unpaired) electrons.